The Kier molecular flexibility index (Phi) is 5.12. The van der Waals surface area contributed by atoms with Crippen LogP contribution in [0, 0.1) is 5.92 Å². The average molecular weight is 173 g/mol. The van der Waals surface area contributed by atoms with Gasteiger partial charge in [-0.3, -0.25) is 4.79 Å². The fourth-order valence-corrected chi connectivity index (χ4v) is 0.570. The number of carbonyl (C=O) groups is 1. The molecule has 0 fully saturated rings. The van der Waals surface area contributed by atoms with Crippen molar-refractivity contribution in [3.63, 3.8) is 0 Å². The van der Waals surface area contributed by atoms with Crippen molar-refractivity contribution in [2.45, 2.75) is 13.8 Å². The molecule has 0 saturated heterocycles. The van der Waals surface area contributed by atoms with Crippen LogP contribution in [0.4, 0.5) is 0 Å². The molecule has 3 N–H and O–H groups in total. The van der Waals surface area contributed by atoms with E-state index in [4.69, 9.17) is 15.6 Å². The van der Waals surface area contributed by atoms with E-state index in [1.807, 2.05) is 13.8 Å². The van der Waals surface area contributed by atoms with Gasteiger partial charge in [-0.25, -0.2) is 0 Å². The van der Waals surface area contributed by atoms with Crippen LogP contribution >= 0.6 is 0 Å². The first kappa shape index (κ1) is 11.0. The molecule has 0 aliphatic rings. The molecule has 0 aromatic carbocycles. The van der Waals surface area contributed by atoms with Crippen LogP contribution in [0.3, 0.4) is 0 Å². The lowest BCUT2D eigenvalue weighted by Gasteiger charge is -2.08. The Morgan fingerprint density at radius 2 is 2.25 bits per heavy atom. The second-order valence-electron chi connectivity index (χ2n) is 2.82. The fraction of sp³-hybridized carbons (Fsp3) is 0.625. The molecule has 0 aliphatic carbocycles. The van der Waals surface area contributed by atoms with E-state index >= 15 is 0 Å². The molecule has 0 spiro atoms. The number of amides is 1. The summed E-state index contributed by atoms with van der Waals surface area (Å²) in [5.41, 5.74) is 4.97. The minimum absolute atomic E-state index is 0.0335. The molecule has 4 heteroatoms. The maximum atomic E-state index is 10.6. The molecule has 0 radical (unpaired) electrons. The molecule has 0 aliphatic heterocycles. The lowest BCUT2D eigenvalue weighted by Crippen LogP contribution is -2.18. The molecule has 70 valence electrons. The summed E-state index contributed by atoms with van der Waals surface area (Å²) in [6.07, 6.45) is 1.25. The summed E-state index contributed by atoms with van der Waals surface area (Å²) in [6.45, 7) is 4.10. The van der Waals surface area contributed by atoms with E-state index < -0.39 is 5.91 Å². The number of hydrogen-bond acceptors (Lipinski definition) is 3. The summed E-state index contributed by atoms with van der Waals surface area (Å²) in [5.74, 6) is -0.289. The monoisotopic (exact) mass is 173 g/mol. The highest BCUT2D eigenvalue weighted by atomic mass is 16.5. The van der Waals surface area contributed by atoms with E-state index in [9.17, 15) is 4.79 Å². The van der Waals surface area contributed by atoms with E-state index in [1.54, 1.807) is 0 Å². The van der Waals surface area contributed by atoms with Crippen molar-refractivity contribution in [1.82, 2.24) is 0 Å². The molecular weight excluding hydrogens is 158 g/mol. The van der Waals surface area contributed by atoms with Gasteiger partial charge >= 0.3 is 0 Å². The van der Waals surface area contributed by atoms with Crippen molar-refractivity contribution in [1.29, 1.82) is 0 Å². The first-order valence-corrected chi connectivity index (χ1v) is 3.81. The van der Waals surface area contributed by atoms with Crippen LogP contribution in [-0.4, -0.2) is 24.2 Å². The number of nitrogens with two attached hydrogens (primary N) is 1. The Bertz CT molecular complexity index is 175. The molecule has 0 unspecified atom stereocenters. The number of aliphatic hydroxyl groups is 1. The highest BCUT2D eigenvalue weighted by Gasteiger charge is 2.05. The van der Waals surface area contributed by atoms with Gasteiger partial charge in [0.15, 0.2) is 5.76 Å². The minimum Gasteiger partial charge on any atom is -0.488 e. The number of carbonyl (C=O) groups excluding carboxylic acids is 1. The van der Waals surface area contributed by atoms with E-state index in [1.165, 1.54) is 6.08 Å². The summed E-state index contributed by atoms with van der Waals surface area (Å²) >= 11 is 0. The molecular formula is C8H15NO3. The zero-order valence-corrected chi connectivity index (χ0v) is 7.41. The summed E-state index contributed by atoms with van der Waals surface area (Å²) in [5, 5.41) is 8.49. The number of ether oxygens (including phenoxy) is 1. The molecule has 0 aromatic heterocycles. The number of primary amides is 1. The smallest absolute Gasteiger partial charge is 0.283 e. The van der Waals surface area contributed by atoms with Crippen molar-refractivity contribution in [3.8, 4) is 0 Å². The largest absolute Gasteiger partial charge is 0.488 e. The number of rotatable bonds is 5. The van der Waals surface area contributed by atoms with Crippen molar-refractivity contribution in [3.05, 3.63) is 11.8 Å². The Balaban J connectivity index is 3.97. The molecule has 0 saturated carbocycles. The summed E-state index contributed by atoms with van der Waals surface area (Å²) < 4.78 is 5.03. The Morgan fingerprint density at radius 3 is 2.58 bits per heavy atom. The summed E-state index contributed by atoms with van der Waals surface area (Å²) in [7, 11) is 0. The zero-order chi connectivity index (χ0) is 9.56. The summed E-state index contributed by atoms with van der Waals surface area (Å²) in [6, 6.07) is 0. The highest BCUT2D eigenvalue weighted by Crippen LogP contribution is 2.00. The Hall–Kier alpha value is -1.03. The van der Waals surface area contributed by atoms with Crippen LogP contribution in [0.25, 0.3) is 0 Å². The second kappa shape index (κ2) is 5.60. The predicted octanol–water partition coefficient (Wildman–Crippen LogP) is 0.0205. The SMILES string of the molecule is CC(C)CO/C(=C/CO)C(N)=O. The van der Waals surface area contributed by atoms with Gasteiger partial charge in [0, 0.05) is 0 Å². The first-order valence-electron chi connectivity index (χ1n) is 3.81. The third kappa shape index (κ3) is 4.73. The molecule has 0 bridgehead atoms. The molecule has 12 heavy (non-hydrogen) atoms. The molecule has 1 amide bonds. The van der Waals surface area contributed by atoms with Crippen LogP contribution in [0.1, 0.15) is 13.8 Å². The van der Waals surface area contributed by atoms with E-state index in [0.717, 1.165) is 0 Å². The third-order valence-electron chi connectivity index (χ3n) is 1.09. The lowest BCUT2D eigenvalue weighted by molar-refractivity contribution is -0.118. The predicted molar refractivity (Wildman–Crippen MR) is 45.2 cm³/mol. The van der Waals surface area contributed by atoms with E-state index in [0.29, 0.717) is 12.5 Å². The van der Waals surface area contributed by atoms with Crippen molar-refractivity contribution in [2.24, 2.45) is 11.7 Å². The van der Waals surface area contributed by atoms with Crippen LogP contribution in [0.5, 0.6) is 0 Å². The highest BCUT2D eigenvalue weighted by molar-refractivity contribution is 5.89. The van der Waals surface area contributed by atoms with E-state index in [-0.39, 0.29) is 12.4 Å². The van der Waals surface area contributed by atoms with Gasteiger partial charge in [0.25, 0.3) is 5.91 Å². The van der Waals surface area contributed by atoms with Crippen LogP contribution in [0.2, 0.25) is 0 Å². The van der Waals surface area contributed by atoms with Crippen molar-refractivity contribution >= 4 is 5.91 Å². The first-order chi connectivity index (χ1) is 5.57. The third-order valence-corrected chi connectivity index (χ3v) is 1.09. The van der Waals surface area contributed by atoms with Gasteiger partial charge in [-0.2, -0.15) is 0 Å². The van der Waals surface area contributed by atoms with Gasteiger partial charge in [-0.15, -0.1) is 0 Å². The van der Waals surface area contributed by atoms with Gasteiger partial charge < -0.3 is 15.6 Å². The lowest BCUT2D eigenvalue weighted by atomic mass is 10.2. The topological polar surface area (TPSA) is 72.6 Å². The molecule has 0 heterocycles. The molecule has 0 aromatic rings. The van der Waals surface area contributed by atoms with Gasteiger partial charge in [0.05, 0.1) is 13.2 Å². The van der Waals surface area contributed by atoms with Crippen LogP contribution in [-0.2, 0) is 9.53 Å². The zero-order valence-electron chi connectivity index (χ0n) is 7.41. The number of hydrogen-bond donors (Lipinski definition) is 2. The van der Waals surface area contributed by atoms with Crippen LogP contribution < -0.4 is 5.73 Å². The Morgan fingerprint density at radius 1 is 1.67 bits per heavy atom. The average Bonchev–Trinajstić information content (AvgIpc) is 1.96. The summed E-state index contributed by atoms with van der Waals surface area (Å²) in [4.78, 5) is 10.6. The quantitative estimate of drug-likeness (QED) is 0.454. The Labute approximate surface area is 72.0 Å². The van der Waals surface area contributed by atoms with Crippen LogP contribution in [0.15, 0.2) is 11.8 Å². The second-order valence-corrected chi connectivity index (χ2v) is 2.82. The fourth-order valence-electron chi connectivity index (χ4n) is 0.570. The standard InChI is InChI=1S/C8H15NO3/c1-6(2)5-12-7(3-4-10)8(9)11/h3,6,10H,4-5H2,1-2H3,(H2,9,11)/b7-3+. The van der Waals surface area contributed by atoms with Gasteiger partial charge in [0.1, 0.15) is 0 Å². The maximum Gasteiger partial charge on any atom is 0.283 e. The van der Waals surface area contributed by atoms with Gasteiger partial charge in [0.2, 0.25) is 0 Å². The molecule has 4 nitrogen and oxygen atoms in total. The molecule has 0 atom stereocenters. The van der Waals surface area contributed by atoms with Crippen molar-refractivity contribution < 1.29 is 14.6 Å². The van der Waals surface area contributed by atoms with E-state index in [2.05, 4.69) is 0 Å². The minimum atomic E-state index is -0.648. The maximum absolute atomic E-state index is 10.6. The van der Waals surface area contributed by atoms with Crippen molar-refractivity contribution in [2.75, 3.05) is 13.2 Å². The number of aliphatic hydroxyl groups excluding tert-OH is 1. The van der Waals surface area contributed by atoms with Gasteiger partial charge in [-0.05, 0) is 12.0 Å². The normalized spacial score (nSPS) is 11.8. The van der Waals surface area contributed by atoms with Gasteiger partial charge in [-0.1, -0.05) is 13.8 Å². The molecule has 0 rings (SSSR count).